The fraction of sp³-hybridized carbons (Fsp3) is 0.176. The molecule has 0 aliphatic carbocycles. The molecule has 1 aromatic carbocycles. The van der Waals surface area contributed by atoms with Crippen LogP contribution in [0.5, 0.6) is 0 Å². The van der Waals surface area contributed by atoms with Gasteiger partial charge in [-0.25, -0.2) is 4.98 Å². The molecule has 0 fully saturated rings. The van der Waals surface area contributed by atoms with Gasteiger partial charge in [-0.15, -0.1) is 0 Å². The molecule has 2 heterocycles. The maximum Gasteiger partial charge on any atom is 0.252 e. The summed E-state index contributed by atoms with van der Waals surface area (Å²) in [7, 11) is 0. The number of pyridine rings is 1. The van der Waals surface area contributed by atoms with E-state index >= 15 is 0 Å². The number of primary amides is 1. The average Bonchev–Trinajstić information content (AvgIpc) is 2.95. The highest BCUT2D eigenvalue weighted by Gasteiger charge is 2.14. The Morgan fingerprint density at radius 1 is 1.27 bits per heavy atom. The number of fused-ring (bicyclic) bond motifs is 1. The Morgan fingerprint density at radius 3 is 2.68 bits per heavy atom. The molecule has 3 aromatic rings. The molecule has 0 saturated heterocycles. The Bertz CT molecular complexity index is 831. The van der Waals surface area contributed by atoms with Gasteiger partial charge in [0.2, 0.25) is 0 Å². The molecule has 2 aromatic heterocycles. The van der Waals surface area contributed by atoms with Crippen molar-refractivity contribution in [3.63, 3.8) is 0 Å². The van der Waals surface area contributed by atoms with Crippen molar-refractivity contribution in [1.29, 1.82) is 0 Å². The third-order valence-corrected chi connectivity index (χ3v) is 3.94. The molecule has 112 valence electrons. The maximum absolute atomic E-state index is 11.7. The molecule has 0 aliphatic heterocycles. The van der Waals surface area contributed by atoms with Crippen LogP contribution in [-0.4, -0.2) is 15.9 Å². The van der Waals surface area contributed by atoms with Crippen molar-refractivity contribution in [3.05, 3.63) is 58.9 Å². The lowest BCUT2D eigenvalue weighted by Gasteiger charge is -2.14. The molecule has 5 heteroatoms. The zero-order valence-corrected chi connectivity index (χ0v) is 12.6. The van der Waals surface area contributed by atoms with Gasteiger partial charge in [-0.05, 0) is 36.6 Å². The number of carbonyl (C=O) groups excluding carboxylic acids is 1. The van der Waals surface area contributed by atoms with E-state index in [0.717, 1.165) is 16.7 Å². The highest BCUT2D eigenvalue weighted by molar-refractivity contribution is 6.05. The summed E-state index contributed by atoms with van der Waals surface area (Å²) in [6.07, 6.45) is 3.31. The topological polar surface area (TPSA) is 83.8 Å². The number of nitrogens with zero attached hydrogens (tertiary/aromatic N) is 1. The number of carbonyl (C=O) groups is 1. The van der Waals surface area contributed by atoms with Crippen LogP contribution in [-0.2, 0) is 6.54 Å². The van der Waals surface area contributed by atoms with Gasteiger partial charge in [-0.1, -0.05) is 18.2 Å². The van der Waals surface area contributed by atoms with Crippen LogP contribution in [0.2, 0.25) is 0 Å². The van der Waals surface area contributed by atoms with Gasteiger partial charge >= 0.3 is 0 Å². The Hall–Kier alpha value is -2.82. The first-order chi connectivity index (χ1) is 10.6. The lowest BCUT2D eigenvalue weighted by Crippen LogP contribution is -2.15. The van der Waals surface area contributed by atoms with Gasteiger partial charge < -0.3 is 16.0 Å². The lowest BCUT2D eigenvalue weighted by molar-refractivity contribution is 0.100. The highest BCUT2D eigenvalue weighted by atomic mass is 16.1. The van der Waals surface area contributed by atoms with Gasteiger partial charge in [0.15, 0.2) is 0 Å². The van der Waals surface area contributed by atoms with Gasteiger partial charge in [0.25, 0.3) is 5.91 Å². The summed E-state index contributed by atoms with van der Waals surface area (Å²) in [5.74, 6) is -0.486. The molecule has 0 atom stereocenters. The highest BCUT2D eigenvalue weighted by Crippen LogP contribution is 2.26. The molecule has 22 heavy (non-hydrogen) atoms. The minimum atomic E-state index is -0.486. The van der Waals surface area contributed by atoms with Crippen LogP contribution in [0.15, 0.2) is 36.7 Å². The van der Waals surface area contributed by atoms with Crippen molar-refractivity contribution >= 4 is 22.6 Å². The van der Waals surface area contributed by atoms with E-state index in [1.54, 1.807) is 6.20 Å². The molecule has 4 N–H and O–H groups in total. The second-order valence-corrected chi connectivity index (χ2v) is 5.37. The summed E-state index contributed by atoms with van der Waals surface area (Å²) >= 11 is 0. The molecule has 0 unspecified atom stereocenters. The number of aromatic amines is 1. The number of aromatic nitrogens is 2. The molecular weight excluding hydrogens is 276 g/mol. The molecule has 0 bridgehead atoms. The first-order valence-electron chi connectivity index (χ1n) is 7.13. The molecule has 0 aliphatic rings. The number of anilines is 1. The van der Waals surface area contributed by atoms with Gasteiger partial charge in [-0.3, -0.25) is 4.79 Å². The molecule has 3 rings (SSSR count). The van der Waals surface area contributed by atoms with Gasteiger partial charge in [0, 0.05) is 24.3 Å². The Labute approximate surface area is 128 Å². The molecule has 1 amide bonds. The smallest absolute Gasteiger partial charge is 0.252 e. The van der Waals surface area contributed by atoms with E-state index in [1.165, 1.54) is 22.9 Å². The van der Waals surface area contributed by atoms with Gasteiger partial charge in [0.1, 0.15) is 5.65 Å². The third-order valence-electron chi connectivity index (χ3n) is 3.94. The summed E-state index contributed by atoms with van der Waals surface area (Å²) in [4.78, 5) is 18.9. The predicted octanol–water partition coefficient (Wildman–Crippen LogP) is 2.89. The van der Waals surface area contributed by atoms with Gasteiger partial charge in [0.05, 0.1) is 11.3 Å². The number of nitrogens with one attached hydrogen (secondary N) is 2. The number of nitrogens with two attached hydrogens (primary N) is 1. The standard InChI is InChI=1S/C17H18N4O/c1-10-4-3-5-11(2)13(10)8-20-15-12-6-7-19-17(12)21-9-14(15)16(18)22/h3-7,9H,8H2,1-2H3,(H2,18,22)(H2,19,20,21). The number of hydrogen-bond donors (Lipinski definition) is 3. The quantitative estimate of drug-likeness (QED) is 0.691. The van der Waals surface area contributed by atoms with Crippen molar-refractivity contribution in [2.24, 2.45) is 5.73 Å². The maximum atomic E-state index is 11.7. The first-order valence-corrected chi connectivity index (χ1v) is 7.13. The number of benzene rings is 1. The molecule has 0 spiro atoms. The SMILES string of the molecule is Cc1cccc(C)c1CNc1c(C(N)=O)cnc2[nH]ccc12. The minimum Gasteiger partial charge on any atom is -0.380 e. The monoisotopic (exact) mass is 294 g/mol. The van der Waals surface area contributed by atoms with Crippen LogP contribution in [0.4, 0.5) is 5.69 Å². The predicted molar refractivity (Wildman–Crippen MR) is 87.9 cm³/mol. The van der Waals surface area contributed by atoms with E-state index in [0.29, 0.717) is 12.1 Å². The fourth-order valence-corrected chi connectivity index (χ4v) is 2.69. The van der Waals surface area contributed by atoms with E-state index < -0.39 is 5.91 Å². The van der Waals surface area contributed by atoms with Crippen LogP contribution >= 0.6 is 0 Å². The Kier molecular flexibility index (Phi) is 3.55. The lowest BCUT2D eigenvalue weighted by atomic mass is 10.0. The zero-order chi connectivity index (χ0) is 15.7. The zero-order valence-electron chi connectivity index (χ0n) is 12.6. The van der Waals surface area contributed by atoms with Crippen molar-refractivity contribution in [2.45, 2.75) is 20.4 Å². The third kappa shape index (κ3) is 2.41. The van der Waals surface area contributed by atoms with Crippen LogP contribution in [0.1, 0.15) is 27.0 Å². The molecular formula is C17H18N4O. The average molecular weight is 294 g/mol. The van der Waals surface area contributed by atoms with E-state index in [1.807, 2.05) is 12.1 Å². The van der Waals surface area contributed by atoms with E-state index in [-0.39, 0.29) is 0 Å². The van der Waals surface area contributed by atoms with Gasteiger partial charge in [-0.2, -0.15) is 0 Å². The summed E-state index contributed by atoms with van der Waals surface area (Å²) in [5.41, 5.74) is 11.0. The van der Waals surface area contributed by atoms with Crippen molar-refractivity contribution < 1.29 is 4.79 Å². The summed E-state index contributed by atoms with van der Waals surface area (Å²) < 4.78 is 0. The number of aryl methyl sites for hydroxylation is 2. The van der Waals surface area contributed by atoms with Crippen LogP contribution in [0, 0.1) is 13.8 Å². The second-order valence-electron chi connectivity index (χ2n) is 5.37. The van der Waals surface area contributed by atoms with E-state index in [9.17, 15) is 4.79 Å². The van der Waals surface area contributed by atoms with Crippen LogP contribution in [0.25, 0.3) is 11.0 Å². The van der Waals surface area contributed by atoms with Crippen LogP contribution < -0.4 is 11.1 Å². The van der Waals surface area contributed by atoms with Crippen molar-refractivity contribution in [1.82, 2.24) is 9.97 Å². The Morgan fingerprint density at radius 2 is 2.00 bits per heavy atom. The number of rotatable bonds is 4. The molecule has 0 radical (unpaired) electrons. The normalized spacial score (nSPS) is 10.8. The van der Waals surface area contributed by atoms with Crippen molar-refractivity contribution in [2.75, 3.05) is 5.32 Å². The summed E-state index contributed by atoms with van der Waals surface area (Å²) in [5, 5.41) is 4.22. The summed E-state index contributed by atoms with van der Waals surface area (Å²) in [6, 6.07) is 8.09. The Balaban J connectivity index is 2.01. The molecule has 0 saturated carbocycles. The minimum absolute atomic E-state index is 0.401. The van der Waals surface area contributed by atoms with E-state index in [4.69, 9.17) is 5.73 Å². The van der Waals surface area contributed by atoms with Crippen molar-refractivity contribution in [3.8, 4) is 0 Å². The fourth-order valence-electron chi connectivity index (χ4n) is 2.69. The molecule has 5 nitrogen and oxygen atoms in total. The summed E-state index contributed by atoms with van der Waals surface area (Å²) in [6.45, 7) is 4.79. The number of amides is 1. The largest absolute Gasteiger partial charge is 0.380 e. The number of hydrogen-bond acceptors (Lipinski definition) is 3. The van der Waals surface area contributed by atoms with Crippen LogP contribution in [0.3, 0.4) is 0 Å². The number of H-pyrrole nitrogens is 1. The first kappa shape index (κ1) is 14.1. The second kappa shape index (κ2) is 5.52. The van der Waals surface area contributed by atoms with E-state index in [2.05, 4.69) is 41.3 Å².